The molecule has 3 aromatic carbocycles. The largest absolute Gasteiger partial charge is 0.272 e. The van der Waals surface area contributed by atoms with Crippen LogP contribution in [0.5, 0.6) is 0 Å². The zero-order valence-electron chi connectivity index (χ0n) is 16.2. The van der Waals surface area contributed by atoms with Gasteiger partial charge in [0.25, 0.3) is 5.56 Å². The van der Waals surface area contributed by atoms with Crippen molar-refractivity contribution in [2.45, 2.75) is 25.7 Å². The molecule has 4 aromatic rings. The number of nitrogens with zero attached hydrogens (tertiary/aromatic N) is 1. The Morgan fingerprint density at radius 3 is 2.45 bits per heavy atom. The summed E-state index contributed by atoms with van der Waals surface area (Å²) in [6.07, 6.45) is 11.2. The maximum Gasteiger partial charge on any atom is 0.272 e. The summed E-state index contributed by atoms with van der Waals surface area (Å²) in [4.78, 5) is 11.1. The van der Waals surface area contributed by atoms with E-state index < -0.39 is 0 Å². The van der Waals surface area contributed by atoms with Crippen molar-refractivity contribution in [3.05, 3.63) is 106 Å². The van der Waals surface area contributed by atoms with Gasteiger partial charge in [-0.25, -0.2) is 5.10 Å². The molecule has 1 N–H and O–H groups in total. The number of nitrogens with one attached hydrogen (secondary N) is 1. The fraction of sp³-hybridized carbons (Fsp3) is 0.154. The van der Waals surface area contributed by atoms with Crippen molar-refractivity contribution in [1.82, 2.24) is 10.2 Å². The lowest BCUT2D eigenvalue weighted by atomic mass is 9.80. The number of aromatic amines is 1. The first kappa shape index (κ1) is 17.6. The third kappa shape index (κ3) is 3.29. The van der Waals surface area contributed by atoms with Gasteiger partial charge in [0.05, 0.1) is 6.20 Å². The number of benzene rings is 3. The molecule has 0 bridgehead atoms. The molecular weight excluding hydrogens is 356 g/mol. The van der Waals surface area contributed by atoms with Crippen LogP contribution in [0, 0.1) is 0 Å². The van der Waals surface area contributed by atoms with E-state index in [0.717, 1.165) is 5.39 Å². The number of allylic oxidation sites excluding steroid dienone is 4. The normalized spacial score (nSPS) is 14.9. The van der Waals surface area contributed by atoms with Gasteiger partial charge in [-0.15, -0.1) is 0 Å². The molecule has 0 spiro atoms. The monoisotopic (exact) mass is 378 g/mol. The third-order valence-corrected chi connectivity index (χ3v) is 5.86. The zero-order chi connectivity index (χ0) is 19.6. The third-order valence-electron chi connectivity index (χ3n) is 5.86. The van der Waals surface area contributed by atoms with Crippen LogP contribution in [0.3, 0.4) is 0 Å². The smallest absolute Gasteiger partial charge is 0.267 e. The Hall–Kier alpha value is -3.46. The molecule has 0 radical (unpaired) electrons. The summed E-state index contributed by atoms with van der Waals surface area (Å²) in [5.74, 6) is 0. The highest BCUT2D eigenvalue weighted by molar-refractivity contribution is 5.93. The lowest BCUT2D eigenvalue weighted by Crippen LogP contribution is -2.06. The minimum atomic E-state index is -0.136. The van der Waals surface area contributed by atoms with Crippen molar-refractivity contribution in [3.63, 3.8) is 0 Å². The highest BCUT2D eigenvalue weighted by atomic mass is 16.1. The first-order valence-corrected chi connectivity index (χ1v) is 10.1. The standard InChI is InChI=1S/C18H16.C8H6N2O/c1-3-7-15-13(5-1)9-11-18-16-8-4-2-6-14(16)10-12-17(15)18;11-8-7-4-2-1-3-6(7)5-9-10-8/h1,3-5,7-9,11H,2,6,10,12H2;1-5H,(H,10,11). The molecule has 0 saturated heterocycles. The number of aryl methyl sites for hydroxylation is 1. The summed E-state index contributed by atoms with van der Waals surface area (Å²) < 4.78 is 0. The molecule has 0 aliphatic heterocycles. The molecule has 0 fully saturated rings. The second kappa shape index (κ2) is 7.51. The molecule has 3 nitrogen and oxygen atoms in total. The molecule has 3 heteroatoms. The van der Waals surface area contributed by atoms with E-state index in [0.29, 0.717) is 5.39 Å². The van der Waals surface area contributed by atoms with Gasteiger partial charge in [0.1, 0.15) is 0 Å². The van der Waals surface area contributed by atoms with Crippen molar-refractivity contribution in [2.24, 2.45) is 0 Å². The second-order valence-electron chi connectivity index (χ2n) is 7.56. The van der Waals surface area contributed by atoms with Gasteiger partial charge < -0.3 is 0 Å². The summed E-state index contributed by atoms with van der Waals surface area (Å²) in [7, 11) is 0. The molecule has 6 rings (SSSR count). The molecule has 0 amide bonds. The Morgan fingerprint density at radius 1 is 0.793 bits per heavy atom. The maximum atomic E-state index is 11.1. The van der Waals surface area contributed by atoms with Crippen molar-refractivity contribution in [3.8, 4) is 0 Å². The van der Waals surface area contributed by atoms with Gasteiger partial charge in [-0.3, -0.25) is 4.79 Å². The molecule has 2 aliphatic carbocycles. The van der Waals surface area contributed by atoms with Crippen molar-refractivity contribution in [2.75, 3.05) is 0 Å². The van der Waals surface area contributed by atoms with Crippen LogP contribution < -0.4 is 5.56 Å². The molecule has 0 atom stereocenters. The molecule has 1 aromatic heterocycles. The van der Waals surface area contributed by atoms with Gasteiger partial charge in [-0.2, -0.15) is 5.10 Å². The van der Waals surface area contributed by atoms with E-state index in [1.165, 1.54) is 47.6 Å². The highest BCUT2D eigenvalue weighted by Gasteiger charge is 2.20. The molecule has 1 heterocycles. The lowest BCUT2D eigenvalue weighted by Gasteiger charge is -2.25. The predicted molar refractivity (Wildman–Crippen MR) is 120 cm³/mol. The van der Waals surface area contributed by atoms with Crippen molar-refractivity contribution in [1.29, 1.82) is 0 Å². The number of rotatable bonds is 0. The summed E-state index contributed by atoms with van der Waals surface area (Å²) in [6, 6.07) is 20.7. The topological polar surface area (TPSA) is 45.8 Å². The van der Waals surface area contributed by atoms with E-state index in [-0.39, 0.29) is 5.56 Å². The first-order valence-electron chi connectivity index (χ1n) is 10.1. The second-order valence-corrected chi connectivity index (χ2v) is 7.56. The summed E-state index contributed by atoms with van der Waals surface area (Å²) in [5, 5.41) is 10.4. The van der Waals surface area contributed by atoms with Crippen LogP contribution in [0.1, 0.15) is 30.4 Å². The Bertz CT molecular complexity index is 1320. The molecule has 0 saturated carbocycles. The average Bonchev–Trinajstić information content (AvgIpc) is 2.79. The van der Waals surface area contributed by atoms with Crippen LogP contribution in [-0.4, -0.2) is 10.2 Å². The summed E-state index contributed by atoms with van der Waals surface area (Å²) in [5.41, 5.74) is 6.07. The summed E-state index contributed by atoms with van der Waals surface area (Å²) >= 11 is 0. The Balaban J connectivity index is 0.000000142. The van der Waals surface area contributed by atoms with Crippen LogP contribution in [-0.2, 0) is 6.42 Å². The molecule has 142 valence electrons. The Kier molecular flexibility index (Phi) is 4.57. The van der Waals surface area contributed by atoms with E-state index in [1.807, 2.05) is 18.2 Å². The van der Waals surface area contributed by atoms with E-state index in [4.69, 9.17) is 0 Å². The van der Waals surface area contributed by atoms with Crippen molar-refractivity contribution >= 4 is 27.1 Å². The van der Waals surface area contributed by atoms with E-state index in [1.54, 1.807) is 23.4 Å². The number of hydrogen-bond donors (Lipinski definition) is 1. The van der Waals surface area contributed by atoms with Crippen LogP contribution in [0.15, 0.2) is 89.4 Å². The van der Waals surface area contributed by atoms with Gasteiger partial charge in [0, 0.05) is 10.8 Å². The number of aromatic nitrogens is 2. The molecular formula is C26H22N2O. The molecule has 0 unspecified atom stereocenters. The summed E-state index contributed by atoms with van der Waals surface area (Å²) in [6.45, 7) is 0. The average molecular weight is 378 g/mol. The molecule has 29 heavy (non-hydrogen) atoms. The van der Waals surface area contributed by atoms with Gasteiger partial charge in [-0.1, -0.05) is 72.3 Å². The zero-order valence-corrected chi connectivity index (χ0v) is 16.2. The van der Waals surface area contributed by atoms with Crippen LogP contribution in [0.4, 0.5) is 0 Å². The number of H-pyrrole nitrogens is 1. The Morgan fingerprint density at radius 2 is 1.59 bits per heavy atom. The fourth-order valence-electron chi connectivity index (χ4n) is 4.42. The first-order chi connectivity index (χ1) is 14.3. The predicted octanol–water partition coefficient (Wildman–Crippen LogP) is 5.81. The lowest BCUT2D eigenvalue weighted by molar-refractivity contribution is 0.831. The van der Waals surface area contributed by atoms with Gasteiger partial charge in [0.2, 0.25) is 0 Å². The Labute approximate surface area is 169 Å². The number of hydrogen-bond acceptors (Lipinski definition) is 2. The van der Waals surface area contributed by atoms with Crippen molar-refractivity contribution < 1.29 is 0 Å². The minimum absolute atomic E-state index is 0.136. The number of fused-ring (bicyclic) bond motifs is 5. The highest BCUT2D eigenvalue weighted by Crippen LogP contribution is 2.39. The minimum Gasteiger partial charge on any atom is -0.267 e. The fourth-order valence-corrected chi connectivity index (χ4v) is 4.42. The maximum absolute atomic E-state index is 11.1. The van der Waals surface area contributed by atoms with Crippen LogP contribution in [0.2, 0.25) is 0 Å². The van der Waals surface area contributed by atoms with Gasteiger partial charge in [-0.05, 0) is 59.2 Å². The van der Waals surface area contributed by atoms with Crippen LogP contribution in [0.25, 0.3) is 27.1 Å². The van der Waals surface area contributed by atoms with E-state index in [2.05, 4.69) is 58.7 Å². The van der Waals surface area contributed by atoms with Gasteiger partial charge in [0.15, 0.2) is 0 Å². The van der Waals surface area contributed by atoms with Crippen LogP contribution >= 0.6 is 0 Å². The molecule has 2 aliphatic rings. The van der Waals surface area contributed by atoms with E-state index >= 15 is 0 Å². The van der Waals surface area contributed by atoms with E-state index in [9.17, 15) is 4.79 Å². The quantitative estimate of drug-likeness (QED) is 0.419. The SMILES string of the molecule is C1=CC2=C(CC1)CCc1c2ccc2ccccc12.O=c1[nH]ncc2ccccc12. The van der Waals surface area contributed by atoms with Gasteiger partial charge >= 0.3 is 0 Å².